The second-order valence-corrected chi connectivity index (χ2v) is 10.5. The zero-order valence-electron chi connectivity index (χ0n) is 18.0. The number of rotatable bonds is 5. The van der Waals surface area contributed by atoms with E-state index in [1.807, 2.05) is 35.0 Å². The zero-order valence-corrected chi connectivity index (χ0v) is 21.8. The van der Waals surface area contributed by atoms with Crippen LogP contribution in [0.4, 0.5) is 4.79 Å². The SMILES string of the molecule is O=C1S/C(=C\c2cn(Cc3c(Cl)cccc3Cl)c3ccccc23)C(=O)N1Cc1c(Cl)cccc1Cl. The fourth-order valence-electron chi connectivity index (χ4n) is 3.99. The van der Waals surface area contributed by atoms with E-state index in [0.717, 1.165) is 38.7 Å². The number of amides is 2. The maximum atomic E-state index is 13.2. The van der Waals surface area contributed by atoms with Gasteiger partial charge in [-0.05, 0) is 48.2 Å². The molecule has 2 heterocycles. The number of fused-ring (bicyclic) bond motifs is 1. The minimum absolute atomic E-state index is 0.00722. The Morgan fingerprint density at radius 3 is 1.94 bits per heavy atom. The topological polar surface area (TPSA) is 42.3 Å². The molecule has 1 fully saturated rings. The first-order chi connectivity index (χ1) is 16.8. The molecule has 4 nitrogen and oxygen atoms in total. The summed E-state index contributed by atoms with van der Waals surface area (Å²) in [7, 11) is 0. The summed E-state index contributed by atoms with van der Waals surface area (Å²) in [4.78, 5) is 27.4. The lowest BCUT2D eigenvalue weighted by Crippen LogP contribution is -2.27. The Labute approximate surface area is 226 Å². The number of nitrogens with zero attached hydrogens (tertiary/aromatic N) is 2. The van der Waals surface area contributed by atoms with E-state index in [0.29, 0.717) is 37.1 Å². The molecule has 0 atom stereocenters. The van der Waals surface area contributed by atoms with Gasteiger partial charge in [0, 0.05) is 53.9 Å². The van der Waals surface area contributed by atoms with Crippen LogP contribution < -0.4 is 0 Å². The molecule has 1 aromatic heterocycles. The van der Waals surface area contributed by atoms with Crippen LogP contribution >= 0.6 is 58.2 Å². The number of para-hydroxylation sites is 1. The van der Waals surface area contributed by atoms with Crippen LogP contribution in [0.3, 0.4) is 0 Å². The Bertz CT molecular complexity index is 1490. The van der Waals surface area contributed by atoms with E-state index in [1.165, 1.54) is 0 Å². The van der Waals surface area contributed by atoms with Crippen molar-refractivity contribution in [2.75, 3.05) is 0 Å². The van der Waals surface area contributed by atoms with Crippen molar-refractivity contribution in [2.24, 2.45) is 0 Å². The van der Waals surface area contributed by atoms with E-state index in [1.54, 1.807) is 42.5 Å². The summed E-state index contributed by atoms with van der Waals surface area (Å²) < 4.78 is 2.03. The standard InChI is InChI=1S/C26H16Cl4N2O2S/c27-19-6-3-7-20(28)17(19)13-31-12-15(16-5-1-2-10-23(16)31)11-24-25(33)32(26(34)35-24)14-18-21(29)8-4-9-22(18)30/h1-12H,13-14H2/b24-11-. The third kappa shape index (κ3) is 4.72. The first kappa shape index (κ1) is 24.3. The van der Waals surface area contributed by atoms with E-state index in [4.69, 9.17) is 46.4 Å². The normalized spacial score (nSPS) is 15.1. The van der Waals surface area contributed by atoms with Crippen LogP contribution in [0.15, 0.2) is 71.8 Å². The van der Waals surface area contributed by atoms with Crippen molar-refractivity contribution < 1.29 is 9.59 Å². The summed E-state index contributed by atoms with van der Waals surface area (Å²) in [5.74, 6) is -0.387. The summed E-state index contributed by atoms with van der Waals surface area (Å²) in [6, 6.07) is 18.3. The molecule has 1 aliphatic rings. The van der Waals surface area contributed by atoms with Crippen LogP contribution in [-0.4, -0.2) is 20.6 Å². The molecular formula is C26H16Cl4N2O2S. The minimum Gasteiger partial charge on any atom is -0.342 e. The zero-order chi connectivity index (χ0) is 24.7. The van der Waals surface area contributed by atoms with Gasteiger partial charge in [-0.2, -0.15) is 0 Å². The van der Waals surface area contributed by atoms with Gasteiger partial charge in [0.05, 0.1) is 18.0 Å². The van der Waals surface area contributed by atoms with Crippen LogP contribution in [0.1, 0.15) is 16.7 Å². The molecule has 0 aliphatic carbocycles. The minimum atomic E-state index is -0.387. The lowest BCUT2D eigenvalue weighted by molar-refractivity contribution is -0.123. The second-order valence-electron chi connectivity index (χ2n) is 7.90. The highest BCUT2D eigenvalue weighted by atomic mass is 35.5. The molecule has 35 heavy (non-hydrogen) atoms. The molecule has 4 aromatic rings. The number of aromatic nitrogens is 1. The molecule has 0 unspecified atom stereocenters. The lowest BCUT2D eigenvalue weighted by Gasteiger charge is -2.14. The first-order valence-electron chi connectivity index (χ1n) is 10.5. The molecular weight excluding hydrogens is 546 g/mol. The van der Waals surface area contributed by atoms with Crippen molar-refractivity contribution in [1.29, 1.82) is 0 Å². The fraction of sp³-hybridized carbons (Fsp3) is 0.0769. The molecule has 1 aliphatic heterocycles. The number of imide groups is 1. The second kappa shape index (κ2) is 9.92. The van der Waals surface area contributed by atoms with Gasteiger partial charge in [0.15, 0.2) is 0 Å². The van der Waals surface area contributed by atoms with Crippen molar-refractivity contribution in [3.05, 3.63) is 109 Å². The van der Waals surface area contributed by atoms with Crippen LogP contribution in [-0.2, 0) is 17.9 Å². The quantitative estimate of drug-likeness (QED) is 0.229. The van der Waals surface area contributed by atoms with Crippen LogP contribution in [0.5, 0.6) is 0 Å². The molecule has 0 saturated carbocycles. The van der Waals surface area contributed by atoms with Crippen molar-refractivity contribution in [1.82, 2.24) is 9.47 Å². The molecule has 0 N–H and O–H groups in total. The van der Waals surface area contributed by atoms with Crippen LogP contribution in [0, 0.1) is 0 Å². The van der Waals surface area contributed by atoms with E-state index in [2.05, 4.69) is 0 Å². The number of hydrogen-bond acceptors (Lipinski definition) is 3. The van der Waals surface area contributed by atoms with E-state index >= 15 is 0 Å². The molecule has 5 rings (SSSR count). The Morgan fingerprint density at radius 2 is 1.31 bits per heavy atom. The average molecular weight is 562 g/mol. The van der Waals surface area contributed by atoms with Crippen molar-refractivity contribution in [3.63, 3.8) is 0 Å². The van der Waals surface area contributed by atoms with Gasteiger partial charge in [0.1, 0.15) is 0 Å². The van der Waals surface area contributed by atoms with Crippen molar-refractivity contribution in [2.45, 2.75) is 13.1 Å². The number of halogens is 4. The predicted octanol–water partition coefficient (Wildman–Crippen LogP) is 8.54. The van der Waals surface area contributed by atoms with Gasteiger partial charge in [0.2, 0.25) is 0 Å². The van der Waals surface area contributed by atoms with Gasteiger partial charge in [-0.3, -0.25) is 14.5 Å². The Kier molecular flexibility index (Phi) is 6.88. The first-order valence-corrected chi connectivity index (χ1v) is 12.9. The molecule has 0 spiro atoms. The molecule has 9 heteroatoms. The lowest BCUT2D eigenvalue weighted by atomic mass is 10.1. The van der Waals surface area contributed by atoms with E-state index < -0.39 is 0 Å². The Morgan fingerprint density at radius 1 is 0.743 bits per heavy atom. The molecule has 0 radical (unpaired) electrons. The van der Waals surface area contributed by atoms with E-state index in [9.17, 15) is 9.59 Å². The van der Waals surface area contributed by atoms with Crippen molar-refractivity contribution in [3.8, 4) is 0 Å². The summed E-state index contributed by atoms with van der Waals surface area (Å²) in [5, 5.41) is 2.54. The number of thioether (sulfide) groups is 1. The van der Waals surface area contributed by atoms with Gasteiger partial charge in [0.25, 0.3) is 11.1 Å². The molecule has 1 saturated heterocycles. The van der Waals surface area contributed by atoms with Gasteiger partial charge >= 0.3 is 0 Å². The fourth-order valence-corrected chi connectivity index (χ4v) is 5.86. The molecule has 2 amide bonds. The molecule has 3 aromatic carbocycles. The highest BCUT2D eigenvalue weighted by Gasteiger charge is 2.36. The molecule has 0 bridgehead atoms. The highest BCUT2D eigenvalue weighted by molar-refractivity contribution is 8.18. The summed E-state index contributed by atoms with van der Waals surface area (Å²) in [6.45, 7) is 0.465. The summed E-state index contributed by atoms with van der Waals surface area (Å²) >= 11 is 26.2. The Hall–Kier alpha value is -2.41. The maximum Gasteiger partial charge on any atom is 0.293 e. The average Bonchev–Trinajstić information content (AvgIpc) is 3.30. The van der Waals surface area contributed by atoms with Crippen molar-refractivity contribution >= 4 is 86.3 Å². The Balaban J connectivity index is 1.49. The largest absolute Gasteiger partial charge is 0.342 e. The van der Waals surface area contributed by atoms with Gasteiger partial charge in [-0.1, -0.05) is 76.7 Å². The highest BCUT2D eigenvalue weighted by Crippen LogP contribution is 2.37. The number of carbonyl (C=O) groups excluding carboxylic acids is 2. The number of hydrogen-bond donors (Lipinski definition) is 0. The predicted molar refractivity (Wildman–Crippen MR) is 145 cm³/mol. The van der Waals surface area contributed by atoms with Gasteiger partial charge < -0.3 is 4.57 Å². The summed E-state index contributed by atoms with van der Waals surface area (Å²) in [6.07, 6.45) is 3.68. The molecule has 176 valence electrons. The smallest absolute Gasteiger partial charge is 0.293 e. The summed E-state index contributed by atoms with van der Waals surface area (Å²) in [5.41, 5.74) is 3.11. The third-order valence-electron chi connectivity index (χ3n) is 5.75. The van der Waals surface area contributed by atoms with Gasteiger partial charge in [-0.25, -0.2) is 0 Å². The third-order valence-corrected chi connectivity index (χ3v) is 8.07. The maximum absolute atomic E-state index is 13.2. The number of benzene rings is 3. The monoisotopic (exact) mass is 560 g/mol. The van der Waals surface area contributed by atoms with Gasteiger partial charge in [-0.15, -0.1) is 0 Å². The van der Waals surface area contributed by atoms with Crippen LogP contribution in [0.2, 0.25) is 20.1 Å². The van der Waals surface area contributed by atoms with Crippen LogP contribution in [0.25, 0.3) is 17.0 Å². The van der Waals surface area contributed by atoms with E-state index in [-0.39, 0.29) is 17.7 Å². The number of carbonyl (C=O) groups is 2.